The van der Waals surface area contributed by atoms with E-state index in [4.69, 9.17) is 19.2 Å². The van der Waals surface area contributed by atoms with Gasteiger partial charge in [0.1, 0.15) is 16.5 Å². The standard InChI is InChI=1S/C27H26FN5O4S2/c1-13-14(2)38-26-21(13)25(34)29-23(30-26)15(3)39-27-32-31-24(33(27)18-10-8-7-9-17(18)28)16-11-19(35-4)22(37-6)20(12-16)36-5/h7-12,15H,1-6H3,(H,29,30,34)/t15-/m1/s1. The second-order valence-electron chi connectivity index (χ2n) is 8.68. The van der Waals surface area contributed by atoms with Crippen LogP contribution in [0.2, 0.25) is 0 Å². The van der Waals surface area contributed by atoms with Crippen molar-refractivity contribution in [3.8, 4) is 34.3 Å². The predicted molar refractivity (Wildman–Crippen MR) is 150 cm³/mol. The fraction of sp³-hybridized carbons (Fsp3) is 0.259. The number of nitrogens with zero attached hydrogens (tertiary/aromatic N) is 4. The third kappa shape index (κ3) is 4.74. The van der Waals surface area contributed by atoms with Crippen molar-refractivity contribution in [2.45, 2.75) is 31.2 Å². The highest BCUT2D eigenvalue weighted by molar-refractivity contribution is 7.99. The lowest BCUT2D eigenvalue weighted by atomic mass is 10.1. The molecule has 1 atom stereocenters. The second-order valence-corrected chi connectivity index (χ2v) is 11.2. The van der Waals surface area contributed by atoms with Crippen LogP contribution in [0.5, 0.6) is 17.2 Å². The lowest BCUT2D eigenvalue weighted by Crippen LogP contribution is -2.13. The molecule has 0 aliphatic carbocycles. The van der Waals surface area contributed by atoms with Crippen molar-refractivity contribution in [2.24, 2.45) is 0 Å². The van der Waals surface area contributed by atoms with E-state index in [0.29, 0.717) is 49.8 Å². The summed E-state index contributed by atoms with van der Waals surface area (Å²) in [6.07, 6.45) is 0. The van der Waals surface area contributed by atoms with Crippen molar-refractivity contribution < 1.29 is 18.6 Å². The molecule has 0 fully saturated rings. The van der Waals surface area contributed by atoms with Crippen LogP contribution in [0.1, 0.15) is 28.4 Å². The highest BCUT2D eigenvalue weighted by Gasteiger charge is 2.25. The van der Waals surface area contributed by atoms with Gasteiger partial charge in [-0.2, -0.15) is 0 Å². The van der Waals surface area contributed by atoms with Gasteiger partial charge in [-0.05, 0) is 50.6 Å². The Morgan fingerprint density at radius 2 is 1.74 bits per heavy atom. The normalized spacial score (nSPS) is 12.1. The molecule has 1 N–H and O–H groups in total. The fourth-order valence-electron chi connectivity index (χ4n) is 4.27. The maximum absolute atomic E-state index is 15.2. The second kappa shape index (κ2) is 10.7. The summed E-state index contributed by atoms with van der Waals surface area (Å²) in [4.78, 5) is 22.3. The molecule has 0 unspecified atom stereocenters. The Hall–Kier alpha value is -3.90. The minimum Gasteiger partial charge on any atom is -0.493 e. The Balaban J connectivity index is 1.63. The van der Waals surface area contributed by atoms with E-state index in [1.165, 1.54) is 50.5 Å². The number of aromatic nitrogens is 5. The number of hydrogen-bond donors (Lipinski definition) is 1. The van der Waals surface area contributed by atoms with Gasteiger partial charge in [0.05, 0.1) is 37.7 Å². The Kier molecular flexibility index (Phi) is 7.32. The molecule has 3 heterocycles. The molecule has 9 nitrogen and oxygen atoms in total. The number of nitrogens with one attached hydrogen (secondary N) is 1. The average Bonchev–Trinajstić information content (AvgIpc) is 3.47. The molecule has 0 spiro atoms. The number of thioether (sulfide) groups is 1. The number of hydrogen-bond acceptors (Lipinski definition) is 9. The van der Waals surface area contributed by atoms with E-state index in [0.717, 1.165) is 10.4 Å². The number of thiophene rings is 1. The molecule has 2 aromatic carbocycles. The van der Waals surface area contributed by atoms with Gasteiger partial charge in [-0.3, -0.25) is 9.36 Å². The first-order valence-corrected chi connectivity index (χ1v) is 13.6. The predicted octanol–water partition coefficient (Wildman–Crippen LogP) is 5.87. The number of aromatic amines is 1. The summed E-state index contributed by atoms with van der Waals surface area (Å²) >= 11 is 2.79. The summed E-state index contributed by atoms with van der Waals surface area (Å²) in [5.41, 5.74) is 1.60. The van der Waals surface area contributed by atoms with Crippen LogP contribution in [0.4, 0.5) is 4.39 Å². The summed E-state index contributed by atoms with van der Waals surface area (Å²) in [6.45, 7) is 5.80. The van der Waals surface area contributed by atoms with Gasteiger partial charge < -0.3 is 19.2 Å². The van der Waals surface area contributed by atoms with Crippen LogP contribution in [0.3, 0.4) is 0 Å². The molecule has 5 aromatic rings. The molecule has 0 amide bonds. The van der Waals surface area contributed by atoms with Crippen LogP contribution in [0, 0.1) is 19.7 Å². The summed E-state index contributed by atoms with van der Waals surface area (Å²) in [6, 6.07) is 9.85. The zero-order chi connectivity index (χ0) is 27.8. The summed E-state index contributed by atoms with van der Waals surface area (Å²) in [7, 11) is 4.56. The van der Waals surface area contributed by atoms with Crippen molar-refractivity contribution >= 4 is 33.3 Å². The van der Waals surface area contributed by atoms with Crippen LogP contribution in [-0.2, 0) is 0 Å². The van der Waals surface area contributed by atoms with Gasteiger partial charge in [-0.15, -0.1) is 21.5 Å². The monoisotopic (exact) mass is 567 g/mol. The first-order chi connectivity index (χ1) is 18.8. The molecular weight excluding hydrogens is 541 g/mol. The molecule has 0 bridgehead atoms. The van der Waals surface area contributed by atoms with Crippen LogP contribution < -0.4 is 19.8 Å². The summed E-state index contributed by atoms with van der Waals surface area (Å²) in [5, 5.41) is 9.53. The molecule has 0 saturated heterocycles. The third-order valence-corrected chi connectivity index (χ3v) is 8.53. The Labute approximate surface area is 232 Å². The lowest BCUT2D eigenvalue weighted by Gasteiger charge is -2.16. The minimum atomic E-state index is -0.446. The van der Waals surface area contributed by atoms with Gasteiger partial charge >= 0.3 is 0 Å². The maximum atomic E-state index is 15.2. The zero-order valence-electron chi connectivity index (χ0n) is 22.2. The molecule has 0 radical (unpaired) electrons. The molecular formula is C27H26FN5O4S2. The first kappa shape index (κ1) is 26.7. The van der Waals surface area contributed by atoms with Crippen LogP contribution in [0.15, 0.2) is 46.3 Å². The molecule has 3 aromatic heterocycles. The van der Waals surface area contributed by atoms with E-state index in [1.807, 2.05) is 20.8 Å². The maximum Gasteiger partial charge on any atom is 0.259 e. The van der Waals surface area contributed by atoms with Gasteiger partial charge in [-0.1, -0.05) is 23.9 Å². The van der Waals surface area contributed by atoms with Crippen LogP contribution in [-0.4, -0.2) is 46.1 Å². The number of halogens is 1. The highest BCUT2D eigenvalue weighted by Crippen LogP contribution is 2.43. The number of H-pyrrole nitrogens is 1. The smallest absolute Gasteiger partial charge is 0.259 e. The molecule has 0 aliphatic rings. The van der Waals surface area contributed by atoms with Gasteiger partial charge in [0, 0.05) is 10.4 Å². The largest absolute Gasteiger partial charge is 0.493 e. The molecule has 0 saturated carbocycles. The highest BCUT2D eigenvalue weighted by atomic mass is 32.2. The number of para-hydroxylation sites is 1. The van der Waals surface area contributed by atoms with E-state index in [9.17, 15) is 4.79 Å². The number of rotatable bonds is 8. The Bertz CT molecular complexity index is 1720. The van der Waals surface area contributed by atoms with Gasteiger partial charge in [0.25, 0.3) is 5.56 Å². The Morgan fingerprint density at radius 1 is 1.05 bits per heavy atom. The van der Waals surface area contributed by atoms with Crippen molar-refractivity contribution in [1.82, 2.24) is 24.7 Å². The first-order valence-electron chi connectivity index (χ1n) is 11.9. The van der Waals surface area contributed by atoms with E-state index < -0.39 is 5.82 Å². The minimum absolute atomic E-state index is 0.182. The van der Waals surface area contributed by atoms with Crippen molar-refractivity contribution in [3.63, 3.8) is 0 Å². The number of benzene rings is 2. The van der Waals surface area contributed by atoms with E-state index in [2.05, 4.69) is 15.2 Å². The molecule has 5 rings (SSSR count). The molecule has 0 aliphatic heterocycles. The van der Waals surface area contributed by atoms with Crippen LogP contribution >= 0.6 is 23.1 Å². The van der Waals surface area contributed by atoms with Crippen molar-refractivity contribution in [3.05, 3.63) is 68.8 Å². The zero-order valence-corrected chi connectivity index (χ0v) is 23.8. The Morgan fingerprint density at radius 3 is 2.38 bits per heavy atom. The summed E-state index contributed by atoms with van der Waals surface area (Å²) in [5.74, 6) is 1.70. The molecule has 202 valence electrons. The molecule has 39 heavy (non-hydrogen) atoms. The number of aryl methyl sites for hydroxylation is 2. The third-order valence-electron chi connectivity index (χ3n) is 6.37. The van der Waals surface area contributed by atoms with Crippen molar-refractivity contribution in [1.29, 1.82) is 0 Å². The quantitative estimate of drug-likeness (QED) is 0.232. The number of fused-ring (bicyclic) bond motifs is 1. The van der Waals surface area contributed by atoms with Gasteiger partial charge in [0.15, 0.2) is 22.5 Å². The lowest BCUT2D eigenvalue weighted by molar-refractivity contribution is 0.324. The van der Waals surface area contributed by atoms with Gasteiger partial charge in [-0.25, -0.2) is 9.37 Å². The van der Waals surface area contributed by atoms with E-state index >= 15 is 4.39 Å². The SMILES string of the molecule is COc1cc(-c2nnc(S[C@H](C)c3nc4sc(C)c(C)c4c(=O)[nH]3)n2-c2ccccc2F)cc(OC)c1OC. The molecule has 12 heteroatoms. The van der Waals surface area contributed by atoms with Gasteiger partial charge in [0.2, 0.25) is 5.75 Å². The topological polar surface area (TPSA) is 104 Å². The van der Waals surface area contributed by atoms with Crippen LogP contribution in [0.25, 0.3) is 27.3 Å². The van der Waals surface area contributed by atoms with Crippen molar-refractivity contribution in [2.75, 3.05) is 21.3 Å². The number of methoxy groups -OCH3 is 3. The summed E-state index contributed by atoms with van der Waals surface area (Å²) < 4.78 is 33.3. The fourth-order valence-corrected chi connectivity index (χ4v) is 6.23. The average molecular weight is 568 g/mol. The number of ether oxygens (including phenoxy) is 3. The van der Waals surface area contributed by atoms with E-state index in [1.54, 1.807) is 34.9 Å². The van der Waals surface area contributed by atoms with E-state index in [-0.39, 0.29) is 16.5 Å².